The molecule has 1 saturated heterocycles. The molecule has 1 amide bonds. The number of hydrogen-bond acceptors (Lipinski definition) is 4. The van der Waals surface area contributed by atoms with E-state index >= 15 is 0 Å². The predicted molar refractivity (Wildman–Crippen MR) is 76.2 cm³/mol. The van der Waals surface area contributed by atoms with Crippen LogP contribution in [0.2, 0.25) is 0 Å². The summed E-state index contributed by atoms with van der Waals surface area (Å²) in [6.07, 6.45) is 1.54. The summed E-state index contributed by atoms with van der Waals surface area (Å²) in [5, 5.41) is 0. The Morgan fingerprint density at radius 2 is 2.00 bits per heavy atom. The topological polar surface area (TPSA) is 55.8 Å². The minimum atomic E-state index is -0.397. The highest BCUT2D eigenvalue weighted by molar-refractivity contribution is 5.84. The molecular weight excluding hydrogens is 258 g/mol. The summed E-state index contributed by atoms with van der Waals surface area (Å²) < 4.78 is 10.4. The Morgan fingerprint density at radius 1 is 1.35 bits per heavy atom. The average molecular weight is 285 g/mol. The summed E-state index contributed by atoms with van der Waals surface area (Å²) in [5.74, 6) is -0.385. The van der Waals surface area contributed by atoms with Crippen molar-refractivity contribution in [1.82, 2.24) is 4.90 Å². The van der Waals surface area contributed by atoms with Crippen molar-refractivity contribution in [2.45, 2.75) is 59.1 Å². The lowest BCUT2D eigenvalue weighted by molar-refractivity contribution is -0.156. The Labute approximate surface area is 121 Å². The number of nitrogens with zero attached hydrogens (tertiary/aromatic N) is 1. The van der Waals surface area contributed by atoms with Gasteiger partial charge in [-0.2, -0.15) is 0 Å². The zero-order valence-electron chi connectivity index (χ0n) is 13.3. The van der Waals surface area contributed by atoms with Crippen LogP contribution in [-0.4, -0.2) is 48.2 Å². The second kappa shape index (κ2) is 7.07. The van der Waals surface area contributed by atoms with Crippen LogP contribution in [0.3, 0.4) is 0 Å². The lowest BCUT2D eigenvalue weighted by Crippen LogP contribution is -2.51. The Kier molecular flexibility index (Phi) is 5.99. The fraction of sp³-hybridized carbons (Fsp3) is 0.867. The second-order valence-electron chi connectivity index (χ2n) is 6.30. The first-order chi connectivity index (χ1) is 9.25. The van der Waals surface area contributed by atoms with Crippen LogP contribution < -0.4 is 0 Å². The molecule has 0 saturated carbocycles. The molecule has 5 nitrogen and oxygen atoms in total. The van der Waals surface area contributed by atoms with Gasteiger partial charge in [-0.3, -0.25) is 9.59 Å². The van der Waals surface area contributed by atoms with Crippen molar-refractivity contribution in [2.24, 2.45) is 5.92 Å². The molecule has 0 aromatic heterocycles. The summed E-state index contributed by atoms with van der Waals surface area (Å²) in [7, 11) is 0. The smallest absolute Gasteiger partial charge is 0.325 e. The van der Waals surface area contributed by atoms with Crippen LogP contribution >= 0.6 is 0 Å². The number of ether oxygens (including phenoxy) is 2. The standard InChI is InChI=1S/C15H27NO4/c1-6-19-13(17)10-16(15(3,4)5)14(18)12-7-8-20-11(2)9-12/h11-12H,6-10H2,1-5H3/t11-,12+/m1/s1. The van der Waals surface area contributed by atoms with Crippen molar-refractivity contribution in [1.29, 1.82) is 0 Å². The van der Waals surface area contributed by atoms with Crippen LogP contribution in [0.25, 0.3) is 0 Å². The van der Waals surface area contributed by atoms with Gasteiger partial charge in [0.25, 0.3) is 0 Å². The van der Waals surface area contributed by atoms with Gasteiger partial charge in [-0.25, -0.2) is 0 Å². The van der Waals surface area contributed by atoms with Gasteiger partial charge in [0.1, 0.15) is 6.54 Å². The zero-order chi connectivity index (χ0) is 15.3. The molecule has 20 heavy (non-hydrogen) atoms. The zero-order valence-corrected chi connectivity index (χ0v) is 13.3. The molecule has 0 aromatic carbocycles. The summed E-state index contributed by atoms with van der Waals surface area (Å²) in [6.45, 7) is 10.5. The van der Waals surface area contributed by atoms with E-state index in [0.29, 0.717) is 19.6 Å². The van der Waals surface area contributed by atoms with Gasteiger partial charge in [-0.05, 0) is 47.5 Å². The Morgan fingerprint density at radius 3 is 2.50 bits per heavy atom. The highest BCUT2D eigenvalue weighted by atomic mass is 16.5. The second-order valence-corrected chi connectivity index (χ2v) is 6.30. The summed E-state index contributed by atoms with van der Waals surface area (Å²) in [5.41, 5.74) is -0.397. The van der Waals surface area contributed by atoms with Crippen LogP contribution in [0.5, 0.6) is 0 Å². The van der Waals surface area contributed by atoms with Crippen LogP contribution in [0, 0.1) is 5.92 Å². The van der Waals surface area contributed by atoms with Gasteiger partial charge < -0.3 is 14.4 Å². The molecule has 1 fully saturated rings. The summed E-state index contributed by atoms with van der Waals surface area (Å²) >= 11 is 0. The van der Waals surface area contributed by atoms with E-state index in [4.69, 9.17) is 9.47 Å². The average Bonchev–Trinajstić information content (AvgIpc) is 2.34. The molecule has 0 aliphatic carbocycles. The maximum Gasteiger partial charge on any atom is 0.325 e. The molecule has 1 aliphatic rings. The van der Waals surface area contributed by atoms with E-state index < -0.39 is 5.54 Å². The van der Waals surface area contributed by atoms with Crippen molar-refractivity contribution in [3.05, 3.63) is 0 Å². The number of hydrogen-bond donors (Lipinski definition) is 0. The predicted octanol–water partition coefficient (Wildman–Crippen LogP) is 1.99. The van der Waals surface area contributed by atoms with Crippen LogP contribution in [0.4, 0.5) is 0 Å². The lowest BCUT2D eigenvalue weighted by Gasteiger charge is -2.39. The van der Waals surface area contributed by atoms with Gasteiger partial charge in [0.05, 0.1) is 12.7 Å². The molecule has 0 N–H and O–H groups in total. The van der Waals surface area contributed by atoms with E-state index in [9.17, 15) is 9.59 Å². The largest absolute Gasteiger partial charge is 0.465 e. The van der Waals surface area contributed by atoms with E-state index in [1.807, 2.05) is 27.7 Å². The third-order valence-electron chi connectivity index (χ3n) is 3.50. The monoisotopic (exact) mass is 285 g/mol. The van der Waals surface area contributed by atoms with Gasteiger partial charge in [0, 0.05) is 18.1 Å². The lowest BCUT2D eigenvalue weighted by atomic mass is 9.92. The van der Waals surface area contributed by atoms with E-state index in [-0.39, 0.29) is 30.4 Å². The van der Waals surface area contributed by atoms with E-state index in [2.05, 4.69) is 0 Å². The molecule has 1 aliphatic heterocycles. The molecule has 0 radical (unpaired) electrons. The fourth-order valence-electron chi connectivity index (χ4n) is 2.42. The van der Waals surface area contributed by atoms with E-state index in [1.54, 1.807) is 11.8 Å². The SMILES string of the molecule is CCOC(=O)CN(C(=O)[C@H]1CCO[C@H](C)C1)C(C)(C)C. The number of esters is 1. The van der Waals surface area contributed by atoms with Crippen molar-refractivity contribution in [3.63, 3.8) is 0 Å². The maximum atomic E-state index is 12.7. The molecule has 1 rings (SSSR count). The van der Waals surface area contributed by atoms with Crippen LogP contribution in [-0.2, 0) is 19.1 Å². The molecule has 0 spiro atoms. The molecule has 0 aromatic rings. The van der Waals surface area contributed by atoms with Crippen molar-refractivity contribution >= 4 is 11.9 Å². The maximum absolute atomic E-state index is 12.7. The molecule has 2 atom stereocenters. The third-order valence-corrected chi connectivity index (χ3v) is 3.50. The van der Waals surface area contributed by atoms with Crippen molar-refractivity contribution in [3.8, 4) is 0 Å². The minimum Gasteiger partial charge on any atom is -0.465 e. The van der Waals surface area contributed by atoms with Gasteiger partial charge in [0.15, 0.2) is 0 Å². The molecule has 0 bridgehead atoms. The quantitative estimate of drug-likeness (QED) is 0.741. The van der Waals surface area contributed by atoms with Crippen LogP contribution in [0.1, 0.15) is 47.5 Å². The third kappa shape index (κ3) is 4.78. The Hall–Kier alpha value is -1.10. The molecule has 5 heteroatoms. The minimum absolute atomic E-state index is 0.0158. The Balaban J connectivity index is 2.77. The first kappa shape index (κ1) is 17.0. The summed E-state index contributed by atoms with van der Waals surface area (Å²) in [6, 6.07) is 0. The number of carbonyl (C=O) groups excluding carboxylic acids is 2. The van der Waals surface area contributed by atoms with Crippen molar-refractivity contribution < 1.29 is 19.1 Å². The molecular formula is C15H27NO4. The van der Waals surface area contributed by atoms with Gasteiger partial charge in [0.2, 0.25) is 5.91 Å². The number of rotatable bonds is 4. The van der Waals surface area contributed by atoms with E-state index in [1.165, 1.54) is 0 Å². The highest BCUT2D eigenvalue weighted by Gasteiger charge is 2.35. The number of carbonyl (C=O) groups is 2. The molecule has 1 heterocycles. The number of amides is 1. The molecule has 116 valence electrons. The van der Waals surface area contributed by atoms with Gasteiger partial charge in [-0.15, -0.1) is 0 Å². The molecule has 0 unspecified atom stereocenters. The van der Waals surface area contributed by atoms with Crippen molar-refractivity contribution in [2.75, 3.05) is 19.8 Å². The first-order valence-corrected chi connectivity index (χ1v) is 7.34. The van der Waals surface area contributed by atoms with E-state index in [0.717, 1.165) is 6.42 Å². The van der Waals surface area contributed by atoms with Crippen LogP contribution in [0.15, 0.2) is 0 Å². The van der Waals surface area contributed by atoms with Gasteiger partial charge in [-0.1, -0.05) is 0 Å². The normalized spacial score (nSPS) is 23.2. The van der Waals surface area contributed by atoms with Gasteiger partial charge >= 0.3 is 5.97 Å². The fourth-order valence-corrected chi connectivity index (χ4v) is 2.42. The summed E-state index contributed by atoms with van der Waals surface area (Å²) in [4.78, 5) is 26.0. The highest BCUT2D eigenvalue weighted by Crippen LogP contribution is 2.25. The Bertz CT molecular complexity index is 348. The first-order valence-electron chi connectivity index (χ1n) is 7.34.